The number of benzene rings is 1. The average Bonchev–Trinajstić information content (AvgIpc) is 3.12. The van der Waals surface area contributed by atoms with Crippen LogP contribution in [0.4, 0.5) is 10.1 Å². The van der Waals surface area contributed by atoms with Crippen LogP contribution in [0.15, 0.2) is 18.2 Å². The largest absolute Gasteiger partial charge is 0.371 e. The van der Waals surface area contributed by atoms with Crippen molar-refractivity contribution in [2.24, 2.45) is 0 Å². The van der Waals surface area contributed by atoms with Gasteiger partial charge in [-0.25, -0.2) is 4.39 Å². The molecule has 4 nitrogen and oxygen atoms in total. The maximum Gasteiger partial charge on any atom is 0.252 e. The molecule has 6 heteroatoms. The molecule has 3 rings (SSSR count). The molecule has 1 N–H and O–H groups in total. The normalized spacial score (nSPS) is 23.1. The standard InChI is InChI=1S/C13H12ClFN2O2/c14-7-1-4-10(9(15)5-7)16-11-6-12(18)17(13(11)19)8-2-3-8/h1,4-5,8,11,16H,2-3,6H2. The van der Waals surface area contributed by atoms with E-state index in [0.29, 0.717) is 0 Å². The van der Waals surface area contributed by atoms with Crippen molar-refractivity contribution < 1.29 is 14.0 Å². The molecule has 100 valence electrons. The van der Waals surface area contributed by atoms with E-state index < -0.39 is 11.9 Å². The maximum absolute atomic E-state index is 13.6. The third-order valence-corrected chi connectivity index (χ3v) is 3.59. The summed E-state index contributed by atoms with van der Waals surface area (Å²) in [6.45, 7) is 0. The van der Waals surface area contributed by atoms with Crippen LogP contribution in [0.2, 0.25) is 5.02 Å². The second-order valence-electron chi connectivity index (χ2n) is 4.86. The summed E-state index contributed by atoms with van der Waals surface area (Å²) in [7, 11) is 0. The van der Waals surface area contributed by atoms with E-state index in [9.17, 15) is 14.0 Å². The third kappa shape index (κ3) is 2.30. The van der Waals surface area contributed by atoms with Crippen molar-refractivity contribution in [1.29, 1.82) is 0 Å². The molecule has 1 aliphatic carbocycles. The minimum absolute atomic E-state index is 0.0573. The van der Waals surface area contributed by atoms with Crippen molar-refractivity contribution in [2.45, 2.75) is 31.3 Å². The fourth-order valence-corrected chi connectivity index (χ4v) is 2.43. The van der Waals surface area contributed by atoms with Gasteiger partial charge in [0.2, 0.25) is 5.91 Å². The Balaban J connectivity index is 1.76. The van der Waals surface area contributed by atoms with E-state index in [1.807, 2.05) is 0 Å². The van der Waals surface area contributed by atoms with Gasteiger partial charge in [0.15, 0.2) is 0 Å². The summed E-state index contributed by atoms with van der Waals surface area (Å²) < 4.78 is 13.6. The summed E-state index contributed by atoms with van der Waals surface area (Å²) in [5.41, 5.74) is 0.188. The Morgan fingerprint density at radius 1 is 1.32 bits per heavy atom. The van der Waals surface area contributed by atoms with Gasteiger partial charge in [0, 0.05) is 11.1 Å². The molecule has 0 aromatic heterocycles. The SMILES string of the molecule is O=C1CC(Nc2ccc(Cl)cc2F)C(=O)N1C1CC1. The summed E-state index contributed by atoms with van der Waals surface area (Å²) in [5.74, 6) is -0.973. The minimum atomic E-state index is -0.677. The zero-order chi connectivity index (χ0) is 13.6. The zero-order valence-electron chi connectivity index (χ0n) is 10.0. The van der Waals surface area contributed by atoms with Crippen molar-refractivity contribution >= 4 is 29.1 Å². The molecule has 1 saturated carbocycles. The van der Waals surface area contributed by atoms with E-state index in [-0.39, 0.29) is 35.0 Å². The summed E-state index contributed by atoms with van der Waals surface area (Å²) in [4.78, 5) is 25.1. The molecule has 0 radical (unpaired) electrons. The smallest absolute Gasteiger partial charge is 0.252 e. The first-order valence-electron chi connectivity index (χ1n) is 6.14. The highest BCUT2D eigenvalue weighted by molar-refractivity contribution is 6.30. The summed E-state index contributed by atoms with van der Waals surface area (Å²) in [6.07, 6.45) is 1.83. The maximum atomic E-state index is 13.6. The van der Waals surface area contributed by atoms with E-state index in [1.165, 1.54) is 23.1 Å². The predicted molar refractivity (Wildman–Crippen MR) is 68.3 cm³/mol. The molecule has 0 bridgehead atoms. The Hall–Kier alpha value is -1.62. The van der Waals surface area contributed by atoms with Gasteiger partial charge in [-0.2, -0.15) is 0 Å². The highest BCUT2D eigenvalue weighted by atomic mass is 35.5. The van der Waals surface area contributed by atoms with Gasteiger partial charge in [-0.15, -0.1) is 0 Å². The molecule has 1 aromatic carbocycles. The van der Waals surface area contributed by atoms with Crippen LogP contribution < -0.4 is 5.32 Å². The van der Waals surface area contributed by atoms with E-state index in [1.54, 1.807) is 0 Å². The van der Waals surface area contributed by atoms with E-state index in [4.69, 9.17) is 11.6 Å². The first-order chi connectivity index (χ1) is 9.06. The van der Waals surface area contributed by atoms with Crippen LogP contribution in [-0.4, -0.2) is 28.8 Å². The zero-order valence-corrected chi connectivity index (χ0v) is 10.8. The summed E-state index contributed by atoms with van der Waals surface area (Å²) in [5, 5.41) is 3.07. The second-order valence-corrected chi connectivity index (χ2v) is 5.29. The quantitative estimate of drug-likeness (QED) is 0.865. The number of hydrogen-bond acceptors (Lipinski definition) is 3. The summed E-state index contributed by atoms with van der Waals surface area (Å²) in [6, 6.07) is 3.55. The molecule has 1 atom stereocenters. The molecule has 1 aliphatic heterocycles. The van der Waals surface area contributed by atoms with Crippen molar-refractivity contribution in [2.75, 3.05) is 5.32 Å². The number of anilines is 1. The lowest BCUT2D eigenvalue weighted by atomic mass is 10.2. The number of rotatable bonds is 3. The minimum Gasteiger partial charge on any atom is -0.371 e. The van der Waals surface area contributed by atoms with Crippen LogP contribution in [0.5, 0.6) is 0 Å². The number of carbonyl (C=O) groups is 2. The number of imide groups is 1. The van der Waals surface area contributed by atoms with Crippen molar-refractivity contribution in [3.8, 4) is 0 Å². The van der Waals surface area contributed by atoms with Crippen LogP contribution in [-0.2, 0) is 9.59 Å². The van der Waals surface area contributed by atoms with Crippen molar-refractivity contribution in [1.82, 2.24) is 4.90 Å². The topological polar surface area (TPSA) is 49.4 Å². The summed E-state index contributed by atoms with van der Waals surface area (Å²) >= 11 is 5.66. The lowest BCUT2D eigenvalue weighted by Gasteiger charge is -2.15. The van der Waals surface area contributed by atoms with E-state index >= 15 is 0 Å². The van der Waals surface area contributed by atoms with Crippen molar-refractivity contribution in [3.63, 3.8) is 0 Å². The molecule has 19 heavy (non-hydrogen) atoms. The number of likely N-dealkylation sites (tertiary alicyclic amines) is 1. The van der Waals surface area contributed by atoms with Gasteiger partial charge < -0.3 is 5.32 Å². The van der Waals surface area contributed by atoms with Crippen LogP contribution in [0.25, 0.3) is 0 Å². The Labute approximate surface area is 114 Å². The number of amides is 2. The van der Waals surface area contributed by atoms with Crippen LogP contribution in [0, 0.1) is 5.82 Å². The van der Waals surface area contributed by atoms with E-state index in [2.05, 4.69) is 5.32 Å². The molecule has 2 aliphatic rings. The molecule has 2 fully saturated rings. The number of nitrogens with zero attached hydrogens (tertiary/aromatic N) is 1. The number of carbonyl (C=O) groups excluding carboxylic acids is 2. The molecule has 2 amide bonds. The first-order valence-corrected chi connectivity index (χ1v) is 6.51. The molecule has 1 heterocycles. The van der Waals surface area contributed by atoms with E-state index in [0.717, 1.165) is 12.8 Å². The Kier molecular flexibility index (Phi) is 2.93. The van der Waals surface area contributed by atoms with Crippen LogP contribution in [0.1, 0.15) is 19.3 Å². The first kappa shape index (κ1) is 12.4. The van der Waals surface area contributed by atoms with Gasteiger partial charge in [0.25, 0.3) is 5.91 Å². The molecule has 0 spiro atoms. The third-order valence-electron chi connectivity index (χ3n) is 3.36. The number of halogens is 2. The van der Waals surface area contributed by atoms with Gasteiger partial charge in [0.05, 0.1) is 12.1 Å². The van der Waals surface area contributed by atoms with Gasteiger partial charge in [-0.05, 0) is 31.0 Å². The monoisotopic (exact) mass is 282 g/mol. The lowest BCUT2D eigenvalue weighted by Crippen LogP contribution is -2.36. The predicted octanol–water partition coefficient (Wildman–Crippen LogP) is 2.18. The van der Waals surface area contributed by atoms with Crippen LogP contribution in [0.3, 0.4) is 0 Å². The fraction of sp³-hybridized carbons (Fsp3) is 0.385. The fourth-order valence-electron chi connectivity index (χ4n) is 2.27. The number of nitrogens with one attached hydrogen (secondary N) is 1. The number of hydrogen-bond donors (Lipinski definition) is 1. The molecular weight excluding hydrogens is 271 g/mol. The second kappa shape index (κ2) is 4.49. The van der Waals surface area contributed by atoms with Crippen molar-refractivity contribution in [3.05, 3.63) is 29.0 Å². The van der Waals surface area contributed by atoms with Gasteiger partial charge >= 0.3 is 0 Å². The van der Waals surface area contributed by atoms with Gasteiger partial charge in [-0.3, -0.25) is 14.5 Å². The lowest BCUT2D eigenvalue weighted by molar-refractivity contribution is -0.139. The van der Waals surface area contributed by atoms with Crippen LogP contribution >= 0.6 is 11.6 Å². The van der Waals surface area contributed by atoms with Gasteiger partial charge in [-0.1, -0.05) is 11.6 Å². The average molecular weight is 283 g/mol. The molecule has 1 unspecified atom stereocenters. The molecule has 1 saturated heterocycles. The molecule has 1 aromatic rings. The Morgan fingerprint density at radius 3 is 2.68 bits per heavy atom. The Bertz CT molecular complexity index is 560. The Morgan fingerprint density at radius 2 is 2.05 bits per heavy atom. The highest BCUT2D eigenvalue weighted by Crippen LogP contribution is 2.32. The van der Waals surface area contributed by atoms with Gasteiger partial charge in [0.1, 0.15) is 11.9 Å². The highest BCUT2D eigenvalue weighted by Gasteiger charge is 2.46. The molecular formula is C13H12ClFN2O2.